The summed E-state index contributed by atoms with van der Waals surface area (Å²) in [5.41, 5.74) is 3.44. The molecule has 2 rings (SSSR count). The van der Waals surface area contributed by atoms with Crippen molar-refractivity contribution in [3.8, 4) is 16.9 Å². The number of aryl methyl sites for hydroxylation is 2. The first-order valence-corrected chi connectivity index (χ1v) is 7.51. The van der Waals surface area contributed by atoms with Gasteiger partial charge in [0.1, 0.15) is 10.6 Å². The first-order chi connectivity index (χ1) is 9.36. The van der Waals surface area contributed by atoms with Gasteiger partial charge in [-0.05, 0) is 36.6 Å². The fourth-order valence-electron chi connectivity index (χ4n) is 2.26. The molecule has 0 bridgehead atoms. The predicted octanol–water partition coefficient (Wildman–Crippen LogP) is 3.23. The summed E-state index contributed by atoms with van der Waals surface area (Å²) in [7, 11) is -2.94. The summed E-state index contributed by atoms with van der Waals surface area (Å²) in [4.78, 5) is -0.219. The molecule has 0 radical (unpaired) electrons. The molecule has 0 saturated heterocycles. The van der Waals surface area contributed by atoms with E-state index in [0.717, 1.165) is 16.7 Å². The molecule has 2 aromatic carbocycles. The third-order valence-electron chi connectivity index (χ3n) is 3.23. The van der Waals surface area contributed by atoms with Gasteiger partial charge in [0.2, 0.25) is 0 Å². The second-order valence-corrected chi connectivity index (χ2v) is 5.97. The minimum absolute atomic E-state index is 0.168. The van der Waals surface area contributed by atoms with Gasteiger partial charge in [0.05, 0.1) is 7.11 Å². The lowest BCUT2D eigenvalue weighted by molar-refractivity contribution is 0.399. The molecule has 0 saturated carbocycles. The molecule has 0 fully saturated rings. The fraction of sp³-hybridized carbons (Fsp3) is 0.200. The molecule has 2 aromatic rings. The van der Waals surface area contributed by atoms with Crippen LogP contribution in [0.1, 0.15) is 11.1 Å². The van der Waals surface area contributed by atoms with Gasteiger partial charge in [0, 0.05) is 5.56 Å². The van der Waals surface area contributed by atoms with Gasteiger partial charge in [-0.25, -0.2) is 0 Å². The maximum absolute atomic E-state index is 11.5. The molecule has 0 spiro atoms. The van der Waals surface area contributed by atoms with Gasteiger partial charge in [0.25, 0.3) is 10.1 Å². The van der Waals surface area contributed by atoms with Crippen LogP contribution < -0.4 is 4.74 Å². The highest BCUT2D eigenvalue weighted by molar-refractivity contribution is 7.86. The Morgan fingerprint density at radius 2 is 1.65 bits per heavy atom. The van der Waals surface area contributed by atoms with Crippen molar-refractivity contribution in [2.24, 2.45) is 0 Å². The van der Waals surface area contributed by atoms with E-state index in [0.29, 0.717) is 5.56 Å². The maximum Gasteiger partial charge on any atom is 0.298 e. The summed E-state index contributed by atoms with van der Waals surface area (Å²) in [6.45, 7) is 3.81. The molecule has 5 heteroatoms. The molecule has 0 atom stereocenters. The molecule has 0 aliphatic rings. The van der Waals surface area contributed by atoms with E-state index < -0.39 is 10.1 Å². The highest BCUT2D eigenvalue weighted by Gasteiger charge is 2.22. The Kier molecular flexibility index (Phi) is 3.83. The largest absolute Gasteiger partial charge is 0.495 e. The Balaban J connectivity index is 2.86. The summed E-state index contributed by atoms with van der Waals surface area (Å²) < 4.78 is 37.5. The number of benzene rings is 2. The number of hydrogen-bond donors (Lipinski definition) is 1. The van der Waals surface area contributed by atoms with E-state index in [1.54, 1.807) is 6.07 Å². The van der Waals surface area contributed by atoms with Gasteiger partial charge in [-0.15, -0.1) is 0 Å². The molecule has 0 aromatic heterocycles. The van der Waals surface area contributed by atoms with E-state index in [1.807, 2.05) is 38.1 Å². The van der Waals surface area contributed by atoms with Gasteiger partial charge in [-0.2, -0.15) is 8.42 Å². The molecule has 0 aliphatic heterocycles. The van der Waals surface area contributed by atoms with Gasteiger partial charge in [0.15, 0.2) is 0 Å². The zero-order chi connectivity index (χ0) is 14.9. The van der Waals surface area contributed by atoms with Crippen LogP contribution in [0.25, 0.3) is 11.1 Å². The third-order valence-corrected chi connectivity index (χ3v) is 4.10. The van der Waals surface area contributed by atoms with Gasteiger partial charge >= 0.3 is 0 Å². The topological polar surface area (TPSA) is 63.6 Å². The fourth-order valence-corrected chi connectivity index (χ4v) is 2.92. The van der Waals surface area contributed by atoms with Crippen LogP contribution in [0, 0.1) is 13.8 Å². The van der Waals surface area contributed by atoms with Crippen molar-refractivity contribution in [1.29, 1.82) is 0 Å². The van der Waals surface area contributed by atoms with Crippen LogP contribution >= 0.6 is 0 Å². The average molecular weight is 292 g/mol. The van der Waals surface area contributed by atoms with Gasteiger partial charge in [-0.1, -0.05) is 30.3 Å². The van der Waals surface area contributed by atoms with Crippen LogP contribution in [0.4, 0.5) is 0 Å². The predicted molar refractivity (Wildman–Crippen MR) is 77.7 cm³/mol. The molecule has 1 N–H and O–H groups in total. The second kappa shape index (κ2) is 5.26. The van der Waals surface area contributed by atoms with Crippen LogP contribution in [0.2, 0.25) is 0 Å². The van der Waals surface area contributed by atoms with E-state index in [-0.39, 0.29) is 10.6 Å². The highest BCUT2D eigenvalue weighted by atomic mass is 32.2. The molecule has 106 valence electrons. The monoisotopic (exact) mass is 292 g/mol. The van der Waals surface area contributed by atoms with Crippen molar-refractivity contribution in [2.75, 3.05) is 7.11 Å². The molecule has 20 heavy (non-hydrogen) atoms. The quantitative estimate of drug-likeness (QED) is 0.882. The van der Waals surface area contributed by atoms with Crippen LogP contribution in [-0.2, 0) is 10.1 Å². The van der Waals surface area contributed by atoms with Crippen molar-refractivity contribution >= 4 is 10.1 Å². The van der Waals surface area contributed by atoms with Crippen molar-refractivity contribution in [2.45, 2.75) is 18.7 Å². The van der Waals surface area contributed by atoms with E-state index in [4.69, 9.17) is 4.74 Å². The normalized spacial score (nSPS) is 11.4. The number of methoxy groups -OCH3 is 1. The lowest BCUT2D eigenvalue weighted by atomic mass is 9.96. The van der Waals surface area contributed by atoms with Crippen molar-refractivity contribution in [3.63, 3.8) is 0 Å². The Morgan fingerprint density at radius 3 is 2.20 bits per heavy atom. The summed E-state index contributed by atoms with van der Waals surface area (Å²) >= 11 is 0. The maximum atomic E-state index is 11.5. The zero-order valence-corrected chi connectivity index (χ0v) is 12.4. The zero-order valence-electron chi connectivity index (χ0n) is 11.5. The minimum atomic E-state index is -4.33. The van der Waals surface area contributed by atoms with Crippen LogP contribution in [-0.4, -0.2) is 20.1 Å². The van der Waals surface area contributed by atoms with E-state index in [1.165, 1.54) is 13.2 Å². The summed E-state index contributed by atoms with van der Waals surface area (Å²) in [6, 6.07) is 10.6. The lowest BCUT2D eigenvalue weighted by Gasteiger charge is -2.16. The third kappa shape index (κ3) is 2.55. The first-order valence-electron chi connectivity index (χ1n) is 6.07. The van der Waals surface area contributed by atoms with Gasteiger partial charge in [-0.3, -0.25) is 4.55 Å². The molecular formula is C15H16O4S. The van der Waals surface area contributed by atoms with Crippen molar-refractivity contribution < 1.29 is 17.7 Å². The minimum Gasteiger partial charge on any atom is -0.495 e. The second-order valence-electron chi connectivity index (χ2n) is 4.58. The molecule has 0 heterocycles. The SMILES string of the molecule is COc1c(S(=O)(=O)O)ccc(C)c1-c1ccccc1C. The van der Waals surface area contributed by atoms with Crippen LogP contribution in [0.5, 0.6) is 5.75 Å². The smallest absolute Gasteiger partial charge is 0.298 e. The van der Waals surface area contributed by atoms with Crippen LogP contribution in [0.15, 0.2) is 41.3 Å². The number of rotatable bonds is 3. The Labute approximate surface area is 118 Å². The summed E-state index contributed by atoms with van der Waals surface area (Å²) in [6.07, 6.45) is 0. The van der Waals surface area contributed by atoms with Crippen molar-refractivity contribution in [1.82, 2.24) is 0 Å². The molecular weight excluding hydrogens is 276 g/mol. The molecule has 0 unspecified atom stereocenters. The van der Waals surface area contributed by atoms with Crippen molar-refractivity contribution in [3.05, 3.63) is 47.5 Å². The molecule has 0 amide bonds. The van der Waals surface area contributed by atoms with Crippen LogP contribution in [0.3, 0.4) is 0 Å². The number of hydrogen-bond acceptors (Lipinski definition) is 3. The van der Waals surface area contributed by atoms with E-state index in [2.05, 4.69) is 0 Å². The molecule has 0 aliphatic carbocycles. The first kappa shape index (κ1) is 14.6. The summed E-state index contributed by atoms with van der Waals surface area (Å²) in [5.74, 6) is 0.168. The number of ether oxygens (including phenoxy) is 1. The Morgan fingerprint density at radius 1 is 1.00 bits per heavy atom. The standard InChI is InChI=1S/C15H16O4S/c1-10-6-4-5-7-12(10)14-11(2)8-9-13(15(14)19-3)20(16,17)18/h4-9H,1-3H3,(H,16,17,18). The van der Waals surface area contributed by atoms with E-state index in [9.17, 15) is 13.0 Å². The Hall–Kier alpha value is -1.85. The van der Waals surface area contributed by atoms with Gasteiger partial charge < -0.3 is 4.74 Å². The molecule has 4 nitrogen and oxygen atoms in total. The highest BCUT2D eigenvalue weighted by Crippen LogP contribution is 2.39. The average Bonchev–Trinajstić information content (AvgIpc) is 2.38. The van der Waals surface area contributed by atoms with E-state index >= 15 is 0 Å². The summed E-state index contributed by atoms with van der Waals surface area (Å²) in [5, 5.41) is 0. The Bertz CT molecular complexity index is 748. The lowest BCUT2D eigenvalue weighted by Crippen LogP contribution is -2.04.